The van der Waals surface area contributed by atoms with Crippen molar-refractivity contribution in [1.29, 1.82) is 0 Å². The van der Waals surface area contributed by atoms with Gasteiger partial charge in [0.2, 0.25) is 0 Å². The highest BCUT2D eigenvalue weighted by molar-refractivity contribution is 5.89. The molecule has 7 nitrogen and oxygen atoms in total. The van der Waals surface area contributed by atoms with Gasteiger partial charge in [0.05, 0.1) is 5.60 Å². The average molecular weight is 602 g/mol. The van der Waals surface area contributed by atoms with Crippen LogP contribution in [-0.4, -0.2) is 63.2 Å². The zero-order valence-electron chi connectivity index (χ0n) is 27.4. The number of epoxide rings is 2. The van der Waals surface area contributed by atoms with Crippen LogP contribution in [0.2, 0.25) is 0 Å². The molecule has 2 aromatic rings. The maximum Gasteiger partial charge on any atom is 0.188 e. The molecule has 0 amide bonds. The third-order valence-corrected chi connectivity index (χ3v) is 13.3. The molecule has 2 N–H and O–H groups in total. The molecule has 3 aliphatic carbocycles. The topological polar surface area (TPSA) is 88.8 Å². The fourth-order valence-electron chi connectivity index (χ4n) is 10.5. The van der Waals surface area contributed by atoms with Crippen LogP contribution in [0.4, 0.5) is 0 Å². The molecule has 7 unspecified atom stereocenters. The first-order valence-electron chi connectivity index (χ1n) is 16.7. The Balaban J connectivity index is 1.13. The monoisotopic (exact) mass is 601 g/mol. The molecule has 10 atom stereocenters. The molecule has 7 aliphatic rings. The van der Waals surface area contributed by atoms with Crippen molar-refractivity contribution in [2.45, 2.75) is 146 Å². The fourth-order valence-corrected chi connectivity index (χ4v) is 10.5. The van der Waals surface area contributed by atoms with Crippen molar-refractivity contribution in [2.75, 3.05) is 0 Å². The third-order valence-electron chi connectivity index (χ3n) is 13.3. The number of ether oxygens (including phenoxy) is 5. The summed E-state index contributed by atoms with van der Waals surface area (Å²) in [5.41, 5.74) is 3.00. The van der Waals surface area contributed by atoms with Crippen LogP contribution in [0.3, 0.4) is 0 Å². The smallest absolute Gasteiger partial charge is 0.188 e. The quantitative estimate of drug-likeness (QED) is 0.324. The van der Waals surface area contributed by atoms with E-state index in [-0.39, 0.29) is 35.4 Å². The number of H-pyrrole nitrogens is 1. The van der Waals surface area contributed by atoms with Gasteiger partial charge in [-0.25, -0.2) is 0 Å². The Bertz CT molecular complexity index is 1660. The van der Waals surface area contributed by atoms with Crippen molar-refractivity contribution < 1.29 is 28.8 Å². The zero-order chi connectivity index (χ0) is 30.8. The lowest BCUT2D eigenvalue weighted by molar-refractivity contribution is -0.332. The molecule has 236 valence electrons. The average Bonchev–Trinajstić information content (AvgIpc) is 3.78. The highest BCUT2D eigenvalue weighted by Gasteiger charge is 2.86. The second-order valence-corrected chi connectivity index (χ2v) is 16.6. The summed E-state index contributed by atoms with van der Waals surface area (Å²) in [5, 5.41) is 14.7. The van der Waals surface area contributed by atoms with Gasteiger partial charge < -0.3 is 33.8 Å². The molecular formula is C37H47NO6. The first-order valence-corrected chi connectivity index (χ1v) is 16.7. The van der Waals surface area contributed by atoms with Crippen LogP contribution in [0.1, 0.15) is 91.5 Å². The number of hydrogen-bond donors (Lipinski definition) is 2. The minimum absolute atomic E-state index is 0.135. The summed E-state index contributed by atoms with van der Waals surface area (Å²) in [6, 6.07) is 6.67. The molecule has 1 spiro atoms. The van der Waals surface area contributed by atoms with Crippen LogP contribution in [0, 0.1) is 11.3 Å². The molecule has 5 fully saturated rings. The largest absolute Gasteiger partial charge is 0.486 e. The Morgan fingerprint density at radius 2 is 1.75 bits per heavy atom. The lowest BCUT2D eigenvalue weighted by Crippen LogP contribution is -2.74. The Morgan fingerprint density at radius 1 is 1.00 bits per heavy atom. The van der Waals surface area contributed by atoms with Crippen LogP contribution in [0.15, 0.2) is 41.7 Å². The van der Waals surface area contributed by atoms with Gasteiger partial charge in [-0.3, -0.25) is 0 Å². The number of aromatic nitrogens is 1. The van der Waals surface area contributed by atoms with Gasteiger partial charge in [-0.15, -0.1) is 0 Å². The lowest BCUT2D eigenvalue weighted by atomic mass is 9.42. The highest BCUT2D eigenvalue weighted by atomic mass is 16.8. The highest BCUT2D eigenvalue weighted by Crippen LogP contribution is 2.75. The van der Waals surface area contributed by atoms with Crippen molar-refractivity contribution in [1.82, 2.24) is 4.98 Å². The zero-order valence-corrected chi connectivity index (χ0v) is 27.4. The SMILES string of the molecule is CC(C)=CCc1cccc2[nH]c3c(c12)C[C@@H]1CC[C@@]2(O)C45OC4C4OC(C6OC6(C)C)OC(C)(C)C4OC5=CCC2(C)[C@@]31C. The standard InChI is InChI=1S/C37H47NO6/c1-19(2)12-13-20-10-9-11-23-25(20)22-18-21-14-17-36(39)34(7,35(21,8)27(22)38-23)16-15-24-37(36)29(43-37)26-28(40-24)32(3,4)44-31(41-26)30-33(5,6)42-30/h9-12,15,21,26,28-31,38-39H,13-14,16-18H2,1-8H3/t21-,26?,28?,29?,30?,31?,34?,35+,36-,37?/m0/s1. The maximum atomic E-state index is 13.3. The van der Waals surface area contributed by atoms with E-state index < -0.39 is 28.5 Å². The summed E-state index contributed by atoms with van der Waals surface area (Å²) in [5.74, 6) is 1.21. The number of allylic oxidation sites excluding steroid dienone is 3. The third kappa shape index (κ3) is 3.12. The first-order chi connectivity index (χ1) is 20.7. The minimum Gasteiger partial charge on any atom is -0.486 e. The van der Waals surface area contributed by atoms with E-state index in [1.165, 1.54) is 33.3 Å². The second kappa shape index (κ2) is 8.21. The van der Waals surface area contributed by atoms with Crippen molar-refractivity contribution in [3.63, 3.8) is 0 Å². The molecule has 7 heteroatoms. The van der Waals surface area contributed by atoms with Gasteiger partial charge in [0.25, 0.3) is 0 Å². The maximum absolute atomic E-state index is 13.3. The molecule has 9 rings (SSSR count). The van der Waals surface area contributed by atoms with Gasteiger partial charge >= 0.3 is 0 Å². The van der Waals surface area contributed by atoms with Gasteiger partial charge in [-0.1, -0.05) is 37.6 Å². The molecule has 1 saturated carbocycles. The molecular weight excluding hydrogens is 554 g/mol. The number of hydrogen-bond acceptors (Lipinski definition) is 6. The molecule has 44 heavy (non-hydrogen) atoms. The predicted octanol–water partition coefficient (Wildman–Crippen LogP) is 6.16. The van der Waals surface area contributed by atoms with Gasteiger partial charge in [-0.05, 0) is 103 Å². The summed E-state index contributed by atoms with van der Waals surface area (Å²) in [7, 11) is 0. The van der Waals surface area contributed by atoms with E-state index in [1.54, 1.807) is 0 Å². The number of benzene rings is 1. The number of aliphatic hydroxyl groups is 1. The van der Waals surface area contributed by atoms with Crippen molar-refractivity contribution in [2.24, 2.45) is 11.3 Å². The number of rotatable bonds is 3. The van der Waals surface area contributed by atoms with Gasteiger partial charge in [0.15, 0.2) is 18.0 Å². The van der Waals surface area contributed by atoms with Crippen LogP contribution >= 0.6 is 0 Å². The predicted molar refractivity (Wildman–Crippen MR) is 166 cm³/mol. The van der Waals surface area contributed by atoms with E-state index >= 15 is 0 Å². The van der Waals surface area contributed by atoms with Crippen molar-refractivity contribution in [3.8, 4) is 0 Å². The molecule has 4 saturated heterocycles. The van der Waals surface area contributed by atoms with E-state index in [4.69, 9.17) is 23.7 Å². The minimum atomic E-state index is -1.12. The second-order valence-electron chi connectivity index (χ2n) is 16.6. The van der Waals surface area contributed by atoms with E-state index in [2.05, 4.69) is 90.7 Å². The summed E-state index contributed by atoms with van der Waals surface area (Å²) in [6.07, 6.45) is 7.22. The Kier molecular flexibility index (Phi) is 5.24. The van der Waals surface area contributed by atoms with Crippen molar-refractivity contribution >= 4 is 10.9 Å². The molecule has 0 bridgehead atoms. The lowest BCUT2D eigenvalue weighted by Gasteiger charge is -2.64. The summed E-state index contributed by atoms with van der Waals surface area (Å²) < 4.78 is 32.7. The molecule has 0 radical (unpaired) electrons. The fraction of sp³-hybridized carbons (Fsp3) is 0.676. The molecule has 1 aromatic carbocycles. The summed E-state index contributed by atoms with van der Waals surface area (Å²) >= 11 is 0. The normalized spacial score (nSPS) is 46.7. The Morgan fingerprint density at radius 3 is 2.48 bits per heavy atom. The first kappa shape index (κ1) is 28.1. The van der Waals surface area contributed by atoms with Gasteiger partial charge in [0, 0.05) is 27.4 Å². The van der Waals surface area contributed by atoms with Crippen LogP contribution in [-0.2, 0) is 41.9 Å². The van der Waals surface area contributed by atoms with E-state index in [9.17, 15) is 5.11 Å². The van der Waals surface area contributed by atoms with E-state index in [1.807, 2.05) is 0 Å². The van der Waals surface area contributed by atoms with E-state index in [0.29, 0.717) is 12.3 Å². The summed E-state index contributed by atoms with van der Waals surface area (Å²) in [6.45, 7) is 17.3. The summed E-state index contributed by atoms with van der Waals surface area (Å²) in [4.78, 5) is 3.93. The van der Waals surface area contributed by atoms with Crippen LogP contribution in [0.25, 0.3) is 10.9 Å². The van der Waals surface area contributed by atoms with Crippen LogP contribution < -0.4 is 0 Å². The molecule has 4 aliphatic heterocycles. The van der Waals surface area contributed by atoms with E-state index in [0.717, 1.165) is 31.4 Å². The number of nitrogens with one attached hydrogen (secondary N) is 1. The van der Waals surface area contributed by atoms with Crippen LogP contribution in [0.5, 0.6) is 0 Å². The number of fused-ring (bicyclic) bond motifs is 9. The van der Waals surface area contributed by atoms with Crippen molar-refractivity contribution in [3.05, 3.63) is 58.5 Å². The Labute approximate surface area is 260 Å². The Hall–Kier alpha value is -2.16. The molecule has 1 aromatic heterocycles. The number of aromatic amines is 1. The molecule has 5 heterocycles. The van der Waals surface area contributed by atoms with Gasteiger partial charge in [-0.2, -0.15) is 0 Å². The van der Waals surface area contributed by atoms with Gasteiger partial charge in [0.1, 0.15) is 35.3 Å².